The van der Waals surface area contributed by atoms with E-state index in [4.69, 9.17) is 0 Å². The van der Waals surface area contributed by atoms with Gasteiger partial charge in [0.1, 0.15) is 5.82 Å². The molecule has 1 atom stereocenters. The average molecular weight is 399 g/mol. The molecule has 0 unspecified atom stereocenters. The van der Waals surface area contributed by atoms with Crippen LogP contribution in [0.4, 0.5) is 4.39 Å². The third-order valence-corrected chi connectivity index (χ3v) is 6.24. The van der Waals surface area contributed by atoms with Crippen molar-refractivity contribution in [2.75, 3.05) is 13.1 Å². The number of carbonyl (C=O) groups excluding carboxylic acids is 1. The van der Waals surface area contributed by atoms with Crippen LogP contribution in [0.25, 0.3) is 5.69 Å². The van der Waals surface area contributed by atoms with Crippen LogP contribution in [-0.2, 0) is 17.8 Å². The van der Waals surface area contributed by atoms with E-state index in [-0.39, 0.29) is 17.8 Å². The van der Waals surface area contributed by atoms with Crippen LogP contribution in [0.5, 0.6) is 0 Å². The number of amides is 1. The van der Waals surface area contributed by atoms with Crippen molar-refractivity contribution in [1.82, 2.24) is 20.0 Å². The molecule has 0 fully saturated rings. The molecule has 1 aliphatic heterocycles. The van der Waals surface area contributed by atoms with E-state index in [0.717, 1.165) is 36.5 Å². The van der Waals surface area contributed by atoms with Crippen LogP contribution >= 0.6 is 11.3 Å². The van der Waals surface area contributed by atoms with Gasteiger partial charge in [0.25, 0.3) is 0 Å². The Balaban J connectivity index is 1.39. The van der Waals surface area contributed by atoms with Crippen molar-refractivity contribution in [2.45, 2.75) is 32.9 Å². The van der Waals surface area contributed by atoms with Crippen LogP contribution in [0, 0.1) is 12.7 Å². The second kappa shape index (κ2) is 7.85. The fraction of sp³-hybridized carbons (Fsp3) is 0.333. The Morgan fingerprint density at radius 1 is 1.32 bits per heavy atom. The number of aromatic nitrogens is 2. The van der Waals surface area contributed by atoms with Gasteiger partial charge in [-0.3, -0.25) is 9.69 Å². The minimum atomic E-state index is -0.276. The summed E-state index contributed by atoms with van der Waals surface area (Å²) in [5.41, 5.74) is 4.02. The quantitative estimate of drug-likeness (QED) is 0.714. The van der Waals surface area contributed by atoms with Crippen molar-refractivity contribution < 1.29 is 9.18 Å². The zero-order chi connectivity index (χ0) is 19.7. The number of carbonyl (C=O) groups is 1. The predicted octanol–water partition coefficient (Wildman–Crippen LogP) is 3.62. The Kier molecular flexibility index (Phi) is 5.28. The summed E-state index contributed by atoms with van der Waals surface area (Å²) in [6, 6.07) is 8.22. The summed E-state index contributed by atoms with van der Waals surface area (Å²) in [5.74, 6) is -0.262. The number of rotatable bonds is 5. The molecule has 0 saturated carbocycles. The highest BCUT2D eigenvalue weighted by molar-refractivity contribution is 7.10. The monoisotopic (exact) mass is 398 g/mol. The molecule has 146 valence electrons. The maximum absolute atomic E-state index is 13.2. The van der Waals surface area contributed by atoms with E-state index in [2.05, 4.69) is 26.8 Å². The molecule has 0 saturated heterocycles. The summed E-state index contributed by atoms with van der Waals surface area (Å²) in [4.78, 5) is 16.2. The van der Waals surface area contributed by atoms with Crippen molar-refractivity contribution in [1.29, 1.82) is 0 Å². The predicted molar refractivity (Wildman–Crippen MR) is 108 cm³/mol. The molecule has 1 aliphatic rings. The van der Waals surface area contributed by atoms with Crippen molar-refractivity contribution in [3.8, 4) is 5.69 Å². The lowest BCUT2D eigenvalue weighted by Crippen LogP contribution is -2.40. The number of fused-ring (bicyclic) bond motifs is 1. The molecule has 4 rings (SSSR count). The number of benzene rings is 1. The molecule has 1 aromatic carbocycles. The lowest BCUT2D eigenvalue weighted by atomic mass is 10.1. The zero-order valence-corrected chi connectivity index (χ0v) is 16.8. The topological polar surface area (TPSA) is 50.2 Å². The summed E-state index contributed by atoms with van der Waals surface area (Å²) >= 11 is 1.80. The molecule has 0 bridgehead atoms. The maximum atomic E-state index is 13.2. The van der Waals surface area contributed by atoms with Crippen LogP contribution < -0.4 is 5.32 Å². The van der Waals surface area contributed by atoms with Crippen molar-refractivity contribution in [2.24, 2.45) is 0 Å². The molecule has 0 radical (unpaired) electrons. The van der Waals surface area contributed by atoms with Gasteiger partial charge in [0, 0.05) is 29.2 Å². The number of nitrogens with zero attached hydrogens (tertiary/aromatic N) is 3. The number of hydrogen-bond acceptors (Lipinski definition) is 4. The molecule has 1 amide bonds. The first-order valence-corrected chi connectivity index (χ1v) is 10.3. The maximum Gasteiger partial charge on any atom is 0.234 e. The Morgan fingerprint density at radius 2 is 2.11 bits per heavy atom. The Bertz CT molecular complexity index is 979. The van der Waals surface area contributed by atoms with Crippen LogP contribution in [0.1, 0.15) is 34.7 Å². The van der Waals surface area contributed by atoms with E-state index in [1.165, 1.54) is 22.6 Å². The summed E-state index contributed by atoms with van der Waals surface area (Å²) in [7, 11) is 0. The van der Waals surface area contributed by atoms with Crippen LogP contribution in [0.2, 0.25) is 0 Å². The highest BCUT2D eigenvalue weighted by Crippen LogP contribution is 2.24. The number of nitrogens with one attached hydrogen (secondary N) is 1. The van der Waals surface area contributed by atoms with E-state index < -0.39 is 0 Å². The molecule has 3 heterocycles. The first kappa shape index (κ1) is 18.8. The van der Waals surface area contributed by atoms with Crippen molar-refractivity contribution in [3.63, 3.8) is 0 Å². The third kappa shape index (κ3) is 3.86. The minimum absolute atomic E-state index is 0.0140. The largest absolute Gasteiger partial charge is 0.348 e. The first-order chi connectivity index (χ1) is 13.5. The molecule has 1 N–H and O–H groups in total. The third-order valence-electron chi connectivity index (χ3n) is 5.22. The Labute approximate surface area is 167 Å². The van der Waals surface area contributed by atoms with Gasteiger partial charge in [-0.15, -0.1) is 11.3 Å². The lowest BCUT2D eigenvalue weighted by molar-refractivity contribution is -0.123. The molecule has 3 aromatic rings. The highest BCUT2D eigenvalue weighted by atomic mass is 32.1. The highest BCUT2D eigenvalue weighted by Gasteiger charge is 2.21. The summed E-state index contributed by atoms with van der Waals surface area (Å²) < 4.78 is 14.9. The van der Waals surface area contributed by atoms with Gasteiger partial charge in [-0.1, -0.05) is 0 Å². The Hall–Kier alpha value is -2.51. The van der Waals surface area contributed by atoms with Gasteiger partial charge in [0.05, 0.1) is 24.5 Å². The smallest absolute Gasteiger partial charge is 0.234 e. The Morgan fingerprint density at radius 3 is 2.89 bits per heavy atom. The normalized spacial score (nSPS) is 15.2. The molecule has 2 aromatic heterocycles. The van der Waals surface area contributed by atoms with Gasteiger partial charge in [0.2, 0.25) is 5.91 Å². The molecular formula is C21H23FN4OS. The van der Waals surface area contributed by atoms with Gasteiger partial charge in [-0.25, -0.2) is 9.07 Å². The average Bonchev–Trinajstić information content (AvgIpc) is 3.28. The first-order valence-electron chi connectivity index (χ1n) is 9.38. The number of thiophene rings is 1. The molecule has 0 spiro atoms. The molecule has 5 nitrogen and oxygen atoms in total. The van der Waals surface area contributed by atoms with Crippen molar-refractivity contribution in [3.05, 3.63) is 69.4 Å². The summed E-state index contributed by atoms with van der Waals surface area (Å²) in [6.45, 7) is 6.06. The standard InChI is InChI=1S/C21H23FN4OS/c1-14(19-11-23-26(15(19)2)18-5-3-17(22)4-6-18)24-21(27)13-25-9-7-20-16(12-25)8-10-28-20/h3-6,8,10-11,14H,7,9,12-13H2,1-2H3,(H,24,27)/t14-/m0/s1. The summed E-state index contributed by atoms with van der Waals surface area (Å²) in [6.07, 6.45) is 2.78. The van der Waals surface area contributed by atoms with Gasteiger partial charge < -0.3 is 5.32 Å². The summed E-state index contributed by atoms with van der Waals surface area (Å²) in [5, 5.41) is 9.62. The van der Waals surface area contributed by atoms with E-state index in [1.807, 2.05) is 13.8 Å². The molecule has 28 heavy (non-hydrogen) atoms. The van der Waals surface area contributed by atoms with E-state index >= 15 is 0 Å². The van der Waals surface area contributed by atoms with Crippen LogP contribution in [0.3, 0.4) is 0 Å². The zero-order valence-electron chi connectivity index (χ0n) is 16.0. The van der Waals surface area contributed by atoms with Gasteiger partial charge in [-0.2, -0.15) is 5.10 Å². The second-order valence-corrected chi connectivity index (χ2v) is 8.19. The van der Waals surface area contributed by atoms with Crippen LogP contribution in [0.15, 0.2) is 41.9 Å². The van der Waals surface area contributed by atoms with Crippen LogP contribution in [-0.4, -0.2) is 33.7 Å². The van der Waals surface area contributed by atoms with Gasteiger partial charge >= 0.3 is 0 Å². The van der Waals surface area contributed by atoms with E-state index in [0.29, 0.717) is 6.54 Å². The fourth-order valence-corrected chi connectivity index (χ4v) is 4.59. The van der Waals surface area contributed by atoms with E-state index in [9.17, 15) is 9.18 Å². The second-order valence-electron chi connectivity index (χ2n) is 7.19. The fourth-order valence-electron chi connectivity index (χ4n) is 3.70. The minimum Gasteiger partial charge on any atom is -0.348 e. The lowest BCUT2D eigenvalue weighted by Gasteiger charge is -2.26. The van der Waals surface area contributed by atoms with Gasteiger partial charge in [-0.05, 0) is 61.5 Å². The van der Waals surface area contributed by atoms with Gasteiger partial charge in [0.15, 0.2) is 0 Å². The SMILES string of the molecule is Cc1c([C@H](C)NC(=O)CN2CCc3sccc3C2)cnn1-c1ccc(F)cc1. The number of hydrogen-bond donors (Lipinski definition) is 1. The molecule has 0 aliphatic carbocycles. The molecule has 7 heteroatoms. The van der Waals surface area contributed by atoms with E-state index in [1.54, 1.807) is 34.3 Å². The van der Waals surface area contributed by atoms with Crippen molar-refractivity contribution >= 4 is 17.2 Å². The molecular weight excluding hydrogens is 375 g/mol. The number of halogens is 1.